The van der Waals surface area contributed by atoms with Crippen molar-refractivity contribution in [3.8, 4) is 0 Å². The van der Waals surface area contributed by atoms with Crippen molar-refractivity contribution in [3.05, 3.63) is 48.9 Å². The van der Waals surface area contributed by atoms with Gasteiger partial charge < -0.3 is 0 Å². The molecule has 3 aromatic heterocycles. The molecule has 0 atom stereocenters. The van der Waals surface area contributed by atoms with Crippen molar-refractivity contribution in [1.29, 1.82) is 0 Å². The van der Waals surface area contributed by atoms with Crippen LogP contribution in [0, 0.1) is 0 Å². The second kappa shape index (κ2) is 12.1. The molecule has 48 heavy (non-hydrogen) atoms. The summed E-state index contributed by atoms with van der Waals surface area (Å²) in [5.74, 6) is 0. The van der Waals surface area contributed by atoms with Crippen LogP contribution in [0.15, 0.2) is 20.8 Å². The molecule has 0 saturated heterocycles. The molecule has 16 nitrogen and oxygen atoms in total. The Labute approximate surface area is 307 Å². The minimum Gasteiger partial charge on any atom is -0.282 e. The molecule has 28 heteroatoms. The van der Waals surface area contributed by atoms with E-state index in [0.29, 0.717) is 10.2 Å². The van der Waals surface area contributed by atoms with Crippen molar-refractivity contribution in [2.24, 2.45) is 0 Å². The summed E-state index contributed by atoms with van der Waals surface area (Å²) in [6.45, 7) is 0. The molecular weight excluding hydrogens is 900 g/mol. The molecule has 0 amide bonds. The molecule has 0 aromatic carbocycles. The standard InChI is InChI=1S/C20H6Cl8N4O12S4/c21-4-1-3-2-5-18(45(33,34)35)20(47(39,40)41)17(32(5)48(42,43)44)19(46(36,37)38)14-7(23)6(22)13(30-14)11(27)16-9(25)8(24)15(31(16)28)10(26)12(4)29-3/h1-2H,(H,33,34,35)(H,36,37,38)(H,39,40,41)(H,42,43,44). The first-order valence-corrected chi connectivity index (χ1v) is 20.0. The summed E-state index contributed by atoms with van der Waals surface area (Å²) in [6, 6.07) is 0.338. The van der Waals surface area contributed by atoms with Gasteiger partial charge in [0.15, 0.2) is 0 Å². The van der Waals surface area contributed by atoms with Gasteiger partial charge in [-0.05, 0) is 12.1 Å². The smallest absolute Gasteiger partial charge is 0.282 e. The van der Waals surface area contributed by atoms with E-state index in [9.17, 15) is 51.9 Å². The molecule has 5 heterocycles. The Kier molecular flexibility index (Phi) is 9.51. The number of fused-ring (bicyclic) bond motifs is 8. The average molecular weight is 906 g/mol. The predicted octanol–water partition coefficient (Wildman–Crippen LogP) is 6.31. The summed E-state index contributed by atoms with van der Waals surface area (Å²) < 4.78 is 143. The first-order valence-electron chi connectivity index (χ1n) is 11.3. The van der Waals surface area contributed by atoms with E-state index in [-0.39, 0.29) is 5.52 Å². The van der Waals surface area contributed by atoms with Crippen LogP contribution in [0.2, 0.25) is 20.1 Å². The number of halogens is 8. The molecule has 0 spiro atoms. The largest absolute Gasteiger partial charge is 0.364 e. The summed E-state index contributed by atoms with van der Waals surface area (Å²) in [5.41, 5.74) is -7.68. The maximum Gasteiger partial charge on any atom is 0.364 e. The fraction of sp³-hybridized carbons (Fsp3) is 0. The van der Waals surface area contributed by atoms with Crippen LogP contribution < -0.4 is 0 Å². The molecular formula is C20H6Cl8N4O12S4. The monoisotopic (exact) mass is 902 g/mol. The highest BCUT2D eigenvalue weighted by molar-refractivity contribution is 7.90. The summed E-state index contributed by atoms with van der Waals surface area (Å²) in [5, 5.41) is -4.29. The number of hydrogen-bond acceptors (Lipinski definition) is 10. The van der Waals surface area contributed by atoms with Gasteiger partial charge in [-0.25, -0.2) is 18.0 Å². The van der Waals surface area contributed by atoms with Crippen LogP contribution in [0.4, 0.5) is 0 Å². The zero-order valence-electron chi connectivity index (χ0n) is 21.7. The number of nitrogens with zero attached hydrogens (tertiary/aromatic N) is 4. The second-order valence-corrected chi connectivity index (χ2v) is 17.4. The summed E-state index contributed by atoms with van der Waals surface area (Å²) in [7, 11) is -24.6. The zero-order valence-corrected chi connectivity index (χ0v) is 31.0. The molecule has 2 aliphatic rings. The Morgan fingerprint density at radius 2 is 1.02 bits per heavy atom. The lowest BCUT2D eigenvalue weighted by Gasteiger charge is -2.07. The SMILES string of the molecule is O=S(=O)(O)c1c(S(=O)(=O)O)c2c(S(=O)(=O)O)c3nc(c(Cl)c4c(Cl)c(Cl)c(c(Cl)c5nc(cc1n2S(=O)(=O)O)C=C5Cl)n4Cl)C(Cl)=C3Cl. The molecule has 0 saturated carbocycles. The highest BCUT2D eigenvalue weighted by Gasteiger charge is 2.41. The van der Waals surface area contributed by atoms with Crippen LogP contribution in [-0.4, -0.2) is 69.9 Å². The Morgan fingerprint density at radius 1 is 0.562 bits per heavy atom. The topological polar surface area (TPSA) is 253 Å². The fourth-order valence-electron chi connectivity index (χ4n) is 4.51. The normalized spacial score (nSPS) is 14.5. The van der Waals surface area contributed by atoms with Gasteiger partial charge in [0.2, 0.25) is 0 Å². The molecule has 0 fully saturated rings. The van der Waals surface area contributed by atoms with Crippen molar-refractivity contribution in [2.45, 2.75) is 14.7 Å². The van der Waals surface area contributed by atoms with Crippen molar-refractivity contribution in [2.75, 3.05) is 0 Å². The lowest BCUT2D eigenvalue weighted by molar-refractivity contribution is 0.468. The highest BCUT2D eigenvalue weighted by atomic mass is 35.5. The third kappa shape index (κ3) is 6.02. The van der Waals surface area contributed by atoms with Gasteiger partial charge in [-0.15, -0.1) is 0 Å². The zero-order chi connectivity index (χ0) is 36.4. The molecule has 0 radical (unpaired) electrons. The molecule has 8 bridgehead atoms. The number of aromatic nitrogens is 4. The Hall–Kier alpha value is -1.44. The van der Waals surface area contributed by atoms with E-state index in [0.717, 1.165) is 6.08 Å². The summed E-state index contributed by atoms with van der Waals surface area (Å²) in [4.78, 5) is 1.46. The highest BCUT2D eigenvalue weighted by Crippen LogP contribution is 2.48. The lowest BCUT2D eigenvalue weighted by Crippen LogP contribution is -2.14. The summed E-state index contributed by atoms with van der Waals surface area (Å²) in [6.07, 6.45) is 0.852. The molecule has 0 unspecified atom stereocenters. The molecule has 3 aromatic rings. The van der Waals surface area contributed by atoms with Crippen molar-refractivity contribution in [3.63, 3.8) is 0 Å². The van der Waals surface area contributed by atoms with Crippen LogP contribution in [0.1, 0.15) is 22.8 Å². The predicted molar refractivity (Wildman–Crippen MR) is 178 cm³/mol. The number of hydrogen-bond donors (Lipinski definition) is 4. The average Bonchev–Trinajstić information content (AvgIpc) is 3.59. The van der Waals surface area contributed by atoms with Gasteiger partial charge in [0.1, 0.15) is 37.3 Å². The van der Waals surface area contributed by atoms with E-state index in [1.54, 1.807) is 0 Å². The fourth-order valence-corrected chi connectivity index (χ4v) is 11.2. The van der Waals surface area contributed by atoms with E-state index >= 15 is 0 Å². The Morgan fingerprint density at radius 3 is 1.48 bits per heavy atom. The van der Waals surface area contributed by atoms with Gasteiger partial charge in [-0.3, -0.25) is 18.2 Å². The van der Waals surface area contributed by atoms with Crippen LogP contribution in [0.5, 0.6) is 0 Å². The molecule has 258 valence electrons. The van der Waals surface area contributed by atoms with E-state index in [1.807, 2.05) is 0 Å². The first kappa shape index (κ1) is 37.8. The molecule has 2 aliphatic heterocycles. The third-order valence-corrected chi connectivity index (χ3v) is 12.9. The maximum absolute atomic E-state index is 13.0. The Bertz CT molecular complexity index is 2760. The molecule has 4 N–H and O–H groups in total. The van der Waals surface area contributed by atoms with Gasteiger partial charge in [-0.1, -0.05) is 81.2 Å². The third-order valence-electron chi connectivity index (χ3n) is 6.20. The maximum atomic E-state index is 13.0. The minimum atomic E-state index is -6.21. The summed E-state index contributed by atoms with van der Waals surface area (Å²) >= 11 is 51.0. The Balaban J connectivity index is 2.43. The molecule has 0 aliphatic carbocycles. The first-order chi connectivity index (χ1) is 21.7. The van der Waals surface area contributed by atoms with Gasteiger partial charge in [0, 0.05) is 11.8 Å². The minimum absolute atomic E-state index is 0.338. The van der Waals surface area contributed by atoms with Gasteiger partial charge >= 0.3 is 10.3 Å². The van der Waals surface area contributed by atoms with Crippen LogP contribution in [0.25, 0.3) is 43.2 Å². The van der Waals surface area contributed by atoms with Gasteiger partial charge in [0.05, 0.1) is 57.4 Å². The lowest BCUT2D eigenvalue weighted by atomic mass is 10.3. The van der Waals surface area contributed by atoms with Crippen LogP contribution >= 0.6 is 93.0 Å². The van der Waals surface area contributed by atoms with E-state index in [2.05, 4.69) is 9.97 Å². The van der Waals surface area contributed by atoms with E-state index in [4.69, 9.17) is 93.0 Å². The van der Waals surface area contributed by atoms with Crippen molar-refractivity contribution >= 4 is 177 Å². The second-order valence-electron chi connectivity index (χ2n) is 9.08. The van der Waals surface area contributed by atoms with Crippen molar-refractivity contribution in [1.82, 2.24) is 18.0 Å². The van der Waals surface area contributed by atoms with Gasteiger partial charge in [0.25, 0.3) is 30.4 Å². The van der Waals surface area contributed by atoms with Crippen LogP contribution in [0.3, 0.4) is 0 Å². The number of rotatable bonds is 4. The van der Waals surface area contributed by atoms with Crippen molar-refractivity contribution < 1.29 is 51.9 Å². The van der Waals surface area contributed by atoms with Crippen LogP contribution in [-0.2, 0) is 40.7 Å². The molecule has 5 rings (SSSR count). The van der Waals surface area contributed by atoms with Gasteiger partial charge in [-0.2, -0.15) is 33.7 Å². The quantitative estimate of drug-likeness (QED) is 0.210. The van der Waals surface area contributed by atoms with E-state index < -0.39 is 134 Å². The van der Waals surface area contributed by atoms with E-state index in [1.165, 1.54) is 0 Å².